The highest BCUT2D eigenvalue weighted by molar-refractivity contribution is 9.11. The molecule has 7 heteroatoms. The molecule has 0 unspecified atom stereocenters. The van der Waals surface area contributed by atoms with Crippen LogP contribution in [0.4, 0.5) is 0 Å². The van der Waals surface area contributed by atoms with Gasteiger partial charge in [0.05, 0.1) is 9.40 Å². The third-order valence-corrected chi connectivity index (χ3v) is 6.28. The van der Waals surface area contributed by atoms with Crippen molar-refractivity contribution in [1.29, 1.82) is 0 Å². The number of hydrogen-bond acceptors (Lipinski definition) is 4. The minimum Gasteiger partial charge on any atom is -0.308 e. The van der Waals surface area contributed by atoms with E-state index in [1.807, 2.05) is 0 Å². The molecular weight excluding hydrogens is 410 g/mol. The Bertz CT molecular complexity index is 659. The van der Waals surface area contributed by atoms with Gasteiger partial charge in [0.2, 0.25) is 0 Å². The summed E-state index contributed by atoms with van der Waals surface area (Å²) in [5.74, 6) is 0. The Labute approximate surface area is 136 Å². The highest BCUT2D eigenvalue weighted by Gasteiger charge is 2.18. The van der Waals surface area contributed by atoms with Gasteiger partial charge in [-0.05, 0) is 38.3 Å². The number of unbranched alkanes of at least 4 members (excludes halogenated alkanes) is 3. The van der Waals surface area contributed by atoms with Gasteiger partial charge in [-0.2, -0.15) is 0 Å². The zero-order chi connectivity index (χ0) is 13.4. The van der Waals surface area contributed by atoms with Crippen molar-refractivity contribution in [2.75, 3.05) is 0 Å². The van der Waals surface area contributed by atoms with Crippen LogP contribution in [0.25, 0.3) is 20.7 Å². The molecule has 0 atom stereocenters. The number of hydrogen-bond donors (Lipinski definition) is 0. The zero-order valence-electron chi connectivity index (χ0n) is 10.4. The van der Waals surface area contributed by atoms with Gasteiger partial charge in [-0.1, -0.05) is 26.2 Å². The molecule has 0 aromatic carbocycles. The van der Waals surface area contributed by atoms with Gasteiger partial charge in [-0.15, -0.1) is 22.7 Å². The van der Waals surface area contributed by atoms with E-state index in [2.05, 4.69) is 53.3 Å². The van der Waals surface area contributed by atoms with Crippen LogP contribution >= 0.6 is 54.5 Å². The third-order valence-electron chi connectivity index (χ3n) is 3.12. The minimum absolute atomic E-state index is 0.950. The molecule has 0 saturated carbocycles. The van der Waals surface area contributed by atoms with Crippen molar-refractivity contribution in [1.82, 2.24) is 14.5 Å². The summed E-state index contributed by atoms with van der Waals surface area (Å²) in [6, 6.07) is 0. The molecular formula is C12H13Br2N3S2. The Hall–Kier alpha value is 0.0200. The van der Waals surface area contributed by atoms with Crippen LogP contribution < -0.4 is 0 Å². The molecule has 19 heavy (non-hydrogen) atoms. The summed E-state index contributed by atoms with van der Waals surface area (Å²) in [5, 5.41) is 0. The fraction of sp³-hybridized carbons (Fsp3) is 0.500. The monoisotopic (exact) mass is 421 g/mol. The predicted octanol–water partition coefficient (Wildman–Crippen LogP) is 5.81. The molecule has 3 aromatic heterocycles. The normalized spacial score (nSPS) is 11.9. The summed E-state index contributed by atoms with van der Waals surface area (Å²) in [5.41, 5.74) is 2.16. The molecule has 0 aliphatic carbocycles. The largest absolute Gasteiger partial charge is 0.308 e. The Kier molecular flexibility index (Phi) is 4.26. The second-order valence-electron chi connectivity index (χ2n) is 4.45. The molecule has 0 spiro atoms. The molecule has 3 rings (SSSR count). The van der Waals surface area contributed by atoms with Crippen molar-refractivity contribution >= 4 is 75.2 Å². The lowest BCUT2D eigenvalue weighted by atomic mass is 10.2. The van der Waals surface area contributed by atoms with E-state index >= 15 is 0 Å². The van der Waals surface area contributed by atoms with E-state index in [4.69, 9.17) is 0 Å². The van der Waals surface area contributed by atoms with E-state index in [1.165, 1.54) is 35.1 Å². The maximum Gasteiger partial charge on any atom is 0.162 e. The van der Waals surface area contributed by atoms with Crippen LogP contribution in [0.3, 0.4) is 0 Å². The second-order valence-corrected chi connectivity index (χ2v) is 9.00. The van der Waals surface area contributed by atoms with Crippen LogP contribution in [0.15, 0.2) is 7.83 Å². The van der Waals surface area contributed by atoms with Gasteiger partial charge < -0.3 is 4.57 Å². The Morgan fingerprint density at radius 2 is 1.53 bits per heavy atom. The van der Waals surface area contributed by atoms with Crippen LogP contribution in [0, 0.1) is 0 Å². The van der Waals surface area contributed by atoms with Crippen molar-refractivity contribution in [3.05, 3.63) is 7.83 Å². The van der Waals surface area contributed by atoms with Gasteiger partial charge in [0, 0.05) is 6.54 Å². The van der Waals surface area contributed by atoms with Crippen molar-refractivity contribution in [3.63, 3.8) is 0 Å². The number of aromatic nitrogens is 3. The first kappa shape index (κ1) is 14.0. The van der Waals surface area contributed by atoms with Gasteiger partial charge in [0.15, 0.2) is 19.1 Å². The Balaban J connectivity index is 2.02. The van der Waals surface area contributed by atoms with Crippen LogP contribution in [0.1, 0.15) is 32.6 Å². The number of rotatable bonds is 5. The quantitative estimate of drug-likeness (QED) is 0.485. The van der Waals surface area contributed by atoms with Crippen molar-refractivity contribution < 1.29 is 0 Å². The SMILES string of the molecule is CCCCCCn1c2nc(Br)sc2c2sc(Br)nc21. The van der Waals surface area contributed by atoms with Gasteiger partial charge >= 0.3 is 0 Å². The molecule has 0 amide bonds. The van der Waals surface area contributed by atoms with Gasteiger partial charge in [-0.25, -0.2) is 9.97 Å². The number of aryl methyl sites for hydroxylation is 1. The predicted molar refractivity (Wildman–Crippen MR) is 90.3 cm³/mol. The van der Waals surface area contributed by atoms with Crippen LogP contribution in [0.2, 0.25) is 0 Å². The molecule has 0 aliphatic heterocycles. The zero-order valence-corrected chi connectivity index (χ0v) is 15.3. The minimum atomic E-state index is 0.950. The molecule has 3 nitrogen and oxygen atoms in total. The topological polar surface area (TPSA) is 30.7 Å². The van der Waals surface area contributed by atoms with Gasteiger partial charge in [0.1, 0.15) is 0 Å². The molecule has 3 aromatic rings. The number of halogens is 2. The highest BCUT2D eigenvalue weighted by Crippen LogP contribution is 2.39. The first-order chi connectivity index (χ1) is 9.20. The van der Waals surface area contributed by atoms with E-state index < -0.39 is 0 Å². The second kappa shape index (κ2) is 5.79. The standard InChI is InChI=1S/C12H13Br2N3S2/c1-2-3-4-5-6-17-9-7(18-11(13)15-9)8-10(17)16-12(14)19-8/h2-6H2,1H3. The lowest BCUT2D eigenvalue weighted by molar-refractivity contribution is 0.598. The smallest absolute Gasteiger partial charge is 0.162 e. The Morgan fingerprint density at radius 3 is 2.05 bits per heavy atom. The van der Waals surface area contributed by atoms with Crippen molar-refractivity contribution in [3.8, 4) is 0 Å². The maximum atomic E-state index is 4.60. The molecule has 0 aliphatic rings. The van der Waals surface area contributed by atoms with E-state index in [-0.39, 0.29) is 0 Å². The number of nitrogens with zero attached hydrogens (tertiary/aromatic N) is 3. The average Bonchev–Trinajstić information content (AvgIpc) is 2.98. The molecule has 0 fully saturated rings. The summed E-state index contributed by atoms with van der Waals surface area (Å²) in [4.78, 5) is 9.20. The Morgan fingerprint density at radius 1 is 0.947 bits per heavy atom. The lowest BCUT2D eigenvalue weighted by Crippen LogP contribution is -1.98. The summed E-state index contributed by atoms with van der Waals surface area (Å²) in [6.07, 6.45) is 5.03. The lowest BCUT2D eigenvalue weighted by Gasteiger charge is -2.03. The number of thiazole rings is 2. The molecule has 102 valence electrons. The summed E-state index contributed by atoms with van der Waals surface area (Å²) in [6.45, 7) is 3.24. The fourth-order valence-corrected chi connectivity index (χ4v) is 5.26. The van der Waals surface area contributed by atoms with Crippen molar-refractivity contribution in [2.45, 2.75) is 39.2 Å². The highest BCUT2D eigenvalue weighted by atomic mass is 79.9. The summed E-state index contributed by atoms with van der Waals surface area (Å²) < 4.78 is 6.67. The van der Waals surface area contributed by atoms with Gasteiger partial charge in [0.25, 0.3) is 0 Å². The molecule has 0 saturated heterocycles. The van der Waals surface area contributed by atoms with Gasteiger partial charge in [-0.3, -0.25) is 0 Å². The molecule has 0 N–H and O–H groups in total. The van der Waals surface area contributed by atoms with Crippen molar-refractivity contribution in [2.24, 2.45) is 0 Å². The molecule has 0 radical (unpaired) electrons. The summed E-state index contributed by atoms with van der Waals surface area (Å²) in [7, 11) is 0. The van der Waals surface area contributed by atoms with E-state index in [9.17, 15) is 0 Å². The van der Waals surface area contributed by atoms with E-state index in [0.717, 1.165) is 25.7 Å². The first-order valence-electron chi connectivity index (χ1n) is 6.31. The van der Waals surface area contributed by atoms with Crippen LogP contribution in [0.5, 0.6) is 0 Å². The average molecular weight is 423 g/mol. The molecule has 3 heterocycles. The summed E-state index contributed by atoms with van der Waals surface area (Å²) >= 11 is 10.4. The van der Waals surface area contributed by atoms with E-state index in [0.29, 0.717) is 0 Å². The fourth-order valence-electron chi connectivity index (χ4n) is 2.24. The molecule has 0 bridgehead atoms. The van der Waals surface area contributed by atoms with Crippen LogP contribution in [-0.4, -0.2) is 14.5 Å². The number of fused-ring (bicyclic) bond motifs is 3. The maximum absolute atomic E-state index is 4.60. The van der Waals surface area contributed by atoms with E-state index in [1.54, 1.807) is 22.7 Å². The van der Waals surface area contributed by atoms with Crippen LogP contribution in [-0.2, 0) is 6.54 Å². The third kappa shape index (κ3) is 2.62. The first-order valence-corrected chi connectivity index (χ1v) is 9.53.